The summed E-state index contributed by atoms with van der Waals surface area (Å²) in [5, 5.41) is 2.81. The lowest BCUT2D eigenvalue weighted by Gasteiger charge is -2.14. The van der Waals surface area contributed by atoms with E-state index in [1.165, 1.54) is 4.90 Å². The first-order valence-electron chi connectivity index (χ1n) is 7.43. The number of nitrogens with two attached hydrogens (primary N) is 1. The van der Waals surface area contributed by atoms with Crippen molar-refractivity contribution in [3.63, 3.8) is 0 Å². The first kappa shape index (κ1) is 16.5. The summed E-state index contributed by atoms with van der Waals surface area (Å²) in [6, 6.07) is 14.5. The lowest BCUT2D eigenvalue weighted by atomic mass is 10.1. The molecule has 0 aliphatic carbocycles. The summed E-state index contributed by atoms with van der Waals surface area (Å²) in [4.78, 5) is 25.8. The predicted molar refractivity (Wildman–Crippen MR) is 92.3 cm³/mol. The highest BCUT2D eigenvalue weighted by Crippen LogP contribution is 2.18. The number of nitrogen functional groups attached to an aromatic ring is 1. The lowest BCUT2D eigenvalue weighted by Crippen LogP contribution is -2.24. The van der Waals surface area contributed by atoms with Gasteiger partial charge in [0.1, 0.15) is 0 Å². The van der Waals surface area contributed by atoms with E-state index in [0.717, 1.165) is 5.56 Å². The van der Waals surface area contributed by atoms with E-state index >= 15 is 0 Å². The van der Waals surface area contributed by atoms with Gasteiger partial charge >= 0.3 is 0 Å². The van der Waals surface area contributed by atoms with Crippen LogP contribution in [0.3, 0.4) is 0 Å². The van der Waals surface area contributed by atoms with Gasteiger partial charge in [-0.05, 0) is 30.2 Å². The van der Waals surface area contributed by atoms with Crippen LogP contribution in [0.15, 0.2) is 48.5 Å². The topological polar surface area (TPSA) is 75.4 Å². The summed E-state index contributed by atoms with van der Waals surface area (Å²) in [7, 11) is 3.36. The van der Waals surface area contributed by atoms with Crippen molar-refractivity contribution >= 4 is 23.2 Å². The van der Waals surface area contributed by atoms with Crippen LogP contribution in [0.5, 0.6) is 0 Å². The highest BCUT2D eigenvalue weighted by molar-refractivity contribution is 6.03. The summed E-state index contributed by atoms with van der Waals surface area (Å²) in [6.07, 6.45) is 0.862. The molecule has 0 heterocycles. The van der Waals surface area contributed by atoms with Gasteiger partial charge in [-0.25, -0.2) is 0 Å². The van der Waals surface area contributed by atoms with Gasteiger partial charge in [0.25, 0.3) is 5.91 Å². The predicted octanol–water partition coefficient (Wildman–Crippen LogP) is 2.54. The average Bonchev–Trinajstić information content (AvgIpc) is 2.54. The van der Waals surface area contributed by atoms with Crippen LogP contribution >= 0.6 is 0 Å². The molecule has 2 aromatic rings. The number of carbonyl (C=O) groups excluding carboxylic acids is 2. The Kier molecular flexibility index (Phi) is 5.36. The van der Waals surface area contributed by atoms with Gasteiger partial charge in [-0.1, -0.05) is 30.3 Å². The molecule has 2 amide bonds. The minimum absolute atomic E-state index is 0.145. The molecular weight excluding hydrogens is 290 g/mol. The van der Waals surface area contributed by atoms with Crippen LogP contribution in [0.4, 0.5) is 11.4 Å². The molecule has 0 radical (unpaired) electrons. The molecule has 0 fully saturated rings. The van der Waals surface area contributed by atoms with Crippen molar-refractivity contribution in [3.05, 3.63) is 59.7 Å². The summed E-state index contributed by atoms with van der Waals surface area (Å²) in [5.41, 5.74) is 8.51. The molecule has 2 rings (SSSR count). The number of carbonyl (C=O) groups is 2. The number of hydrogen-bond acceptors (Lipinski definition) is 3. The van der Waals surface area contributed by atoms with Gasteiger partial charge in [0, 0.05) is 26.2 Å². The first-order chi connectivity index (χ1) is 11.0. The Labute approximate surface area is 136 Å². The van der Waals surface area contributed by atoms with Crippen LogP contribution < -0.4 is 11.1 Å². The standard InChI is InChI=1S/C18H21N3O2/c1-21(2)18(23)14-8-4-6-10-16(14)20-17(22)12-11-13-7-3-5-9-15(13)19/h3-10H,11-12,19H2,1-2H3,(H,20,22). The van der Waals surface area contributed by atoms with Crippen molar-refractivity contribution in [2.45, 2.75) is 12.8 Å². The third-order valence-corrected chi connectivity index (χ3v) is 3.51. The van der Waals surface area contributed by atoms with Crippen molar-refractivity contribution in [1.82, 2.24) is 4.90 Å². The quantitative estimate of drug-likeness (QED) is 0.833. The van der Waals surface area contributed by atoms with E-state index in [1.807, 2.05) is 24.3 Å². The largest absolute Gasteiger partial charge is 0.399 e. The number of benzene rings is 2. The molecule has 0 spiro atoms. The molecule has 0 bridgehead atoms. The monoisotopic (exact) mass is 311 g/mol. The molecule has 0 unspecified atom stereocenters. The van der Waals surface area contributed by atoms with Gasteiger partial charge in [0.15, 0.2) is 0 Å². The second-order valence-corrected chi connectivity index (χ2v) is 5.49. The van der Waals surface area contributed by atoms with Gasteiger partial charge in [0.05, 0.1) is 11.3 Å². The normalized spacial score (nSPS) is 10.2. The van der Waals surface area contributed by atoms with E-state index in [0.29, 0.717) is 29.8 Å². The fourth-order valence-electron chi connectivity index (χ4n) is 2.24. The molecule has 23 heavy (non-hydrogen) atoms. The molecule has 0 aliphatic heterocycles. The second kappa shape index (κ2) is 7.45. The van der Waals surface area contributed by atoms with Gasteiger partial charge in [-0.3, -0.25) is 9.59 Å². The zero-order valence-electron chi connectivity index (χ0n) is 13.4. The smallest absolute Gasteiger partial charge is 0.255 e. The van der Waals surface area contributed by atoms with Gasteiger partial charge < -0.3 is 16.0 Å². The van der Waals surface area contributed by atoms with Crippen LogP contribution in [-0.2, 0) is 11.2 Å². The van der Waals surface area contributed by atoms with E-state index in [4.69, 9.17) is 5.73 Å². The second-order valence-electron chi connectivity index (χ2n) is 5.49. The molecule has 0 saturated carbocycles. The fourth-order valence-corrected chi connectivity index (χ4v) is 2.24. The molecule has 0 aromatic heterocycles. The van der Waals surface area contributed by atoms with Crippen molar-refractivity contribution in [1.29, 1.82) is 0 Å². The molecule has 0 atom stereocenters. The van der Waals surface area contributed by atoms with Crippen LogP contribution in [0.2, 0.25) is 0 Å². The maximum absolute atomic E-state index is 12.2. The number of nitrogens with one attached hydrogen (secondary N) is 1. The van der Waals surface area contributed by atoms with E-state index in [9.17, 15) is 9.59 Å². The number of amides is 2. The Balaban J connectivity index is 2.04. The number of para-hydroxylation sites is 2. The first-order valence-corrected chi connectivity index (χ1v) is 7.43. The minimum atomic E-state index is -0.146. The zero-order chi connectivity index (χ0) is 16.8. The summed E-state index contributed by atoms with van der Waals surface area (Å²) >= 11 is 0. The van der Waals surface area contributed by atoms with Crippen LogP contribution in [-0.4, -0.2) is 30.8 Å². The SMILES string of the molecule is CN(C)C(=O)c1ccccc1NC(=O)CCc1ccccc1N. The van der Waals surface area contributed by atoms with E-state index < -0.39 is 0 Å². The molecular formula is C18H21N3O2. The number of nitrogens with zero attached hydrogens (tertiary/aromatic N) is 1. The number of anilines is 2. The van der Waals surface area contributed by atoms with Crippen molar-refractivity contribution in [2.24, 2.45) is 0 Å². The zero-order valence-corrected chi connectivity index (χ0v) is 13.4. The molecule has 2 aromatic carbocycles. The maximum Gasteiger partial charge on any atom is 0.255 e. The van der Waals surface area contributed by atoms with Crippen LogP contribution in [0.1, 0.15) is 22.3 Å². The Morgan fingerprint density at radius 3 is 2.39 bits per heavy atom. The third kappa shape index (κ3) is 4.32. The van der Waals surface area contributed by atoms with Crippen molar-refractivity contribution in [3.8, 4) is 0 Å². The Morgan fingerprint density at radius 1 is 1.04 bits per heavy atom. The number of rotatable bonds is 5. The molecule has 0 saturated heterocycles. The van der Waals surface area contributed by atoms with Gasteiger partial charge in [0.2, 0.25) is 5.91 Å². The van der Waals surface area contributed by atoms with Crippen molar-refractivity contribution in [2.75, 3.05) is 25.1 Å². The average molecular weight is 311 g/mol. The minimum Gasteiger partial charge on any atom is -0.399 e. The van der Waals surface area contributed by atoms with Gasteiger partial charge in [-0.15, -0.1) is 0 Å². The molecule has 0 aliphatic rings. The van der Waals surface area contributed by atoms with E-state index in [-0.39, 0.29) is 11.8 Å². The Hall–Kier alpha value is -2.82. The highest BCUT2D eigenvalue weighted by Gasteiger charge is 2.14. The van der Waals surface area contributed by atoms with Crippen LogP contribution in [0, 0.1) is 0 Å². The van der Waals surface area contributed by atoms with Gasteiger partial charge in [-0.2, -0.15) is 0 Å². The maximum atomic E-state index is 12.2. The summed E-state index contributed by atoms with van der Waals surface area (Å²) in [6.45, 7) is 0. The highest BCUT2D eigenvalue weighted by atomic mass is 16.2. The molecule has 120 valence electrons. The fraction of sp³-hybridized carbons (Fsp3) is 0.222. The van der Waals surface area contributed by atoms with E-state index in [1.54, 1.807) is 38.4 Å². The summed E-state index contributed by atoms with van der Waals surface area (Å²) in [5.74, 6) is -0.291. The van der Waals surface area contributed by atoms with E-state index in [2.05, 4.69) is 5.32 Å². The van der Waals surface area contributed by atoms with Crippen LogP contribution in [0.25, 0.3) is 0 Å². The molecule has 5 nitrogen and oxygen atoms in total. The Bertz CT molecular complexity index is 711. The lowest BCUT2D eigenvalue weighted by molar-refractivity contribution is -0.116. The summed E-state index contributed by atoms with van der Waals surface area (Å²) < 4.78 is 0. The molecule has 3 N–H and O–H groups in total. The number of hydrogen-bond donors (Lipinski definition) is 2. The number of aryl methyl sites for hydroxylation is 1. The van der Waals surface area contributed by atoms with Crippen molar-refractivity contribution < 1.29 is 9.59 Å². The third-order valence-electron chi connectivity index (χ3n) is 3.51. The molecule has 5 heteroatoms. The Morgan fingerprint density at radius 2 is 1.70 bits per heavy atom.